The molecule has 1 aliphatic heterocycles. The molecule has 4 heteroatoms. The van der Waals surface area contributed by atoms with Crippen LogP contribution >= 0.6 is 0 Å². The van der Waals surface area contributed by atoms with E-state index < -0.39 is 8.32 Å². The maximum Gasteiger partial charge on any atom is 0.192 e. The molecule has 0 aromatic heterocycles. The molecule has 0 radical (unpaired) electrons. The largest absolute Gasteiger partial charge is 0.414 e. The van der Waals surface area contributed by atoms with Crippen LogP contribution in [0.3, 0.4) is 0 Å². The highest BCUT2D eigenvalue weighted by Crippen LogP contribution is 2.36. The van der Waals surface area contributed by atoms with E-state index in [4.69, 9.17) is 9.16 Å². The van der Waals surface area contributed by atoms with E-state index in [-0.39, 0.29) is 11.1 Å². The zero-order valence-corrected chi connectivity index (χ0v) is 16.4. The van der Waals surface area contributed by atoms with Gasteiger partial charge in [0.2, 0.25) is 0 Å². The van der Waals surface area contributed by atoms with Gasteiger partial charge in [-0.2, -0.15) is 0 Å². The number of ether oxygens (including phenoxy) is 1. The minimum Gasteiger partial charge on any atom is -0.414 e. The molecule has 2 rings (SSSR count). The van der Waals surface area contributed by atoms with E-state index >= 15 is 0 Å². The summed E-state index contributed by atoms with van der Waals surface area (Å²) in [4.78, 5) is 0. The van der Waals surface area contributed by atoms with Gasteiger partial charge in [-0.3, -0.25) is 0 Å². The monoisotopic (exact) mass is 335 g/mol. The summed E-state index contributed by atoms with van der Waals surface area (Å²) in [7, 11) is -1.68. The lowest BCUT2D eigenvalue weighted by Gasteiger charge is -2.38. The van der Waals surface area contributed by atoms with Crippen molar-refractivity contribution in [3.63, 3.8) is 0 Å². The van der Waals surface area contributed by atoms with Crippen molar-refractivity contribution < 1.29 is 9.16 Å². The highest BCUT2D eigenvalue weighted by Gasteiger charge is 2.38. The standard InChI is InChI=1S/C19H33NO2Si/c1-19(2,3)23(4,5)22-15-18-13-17(11-12-21-18)20-14-16-9-7-6-8-10-16/h6-10,17-18,20H,11-15H2,1-5H3/t17-,18+/m1/s1. The summed E-state index contributed by atoms with van der Waals surface area (Å²) in [5.41, 5.74) is 1.34. The predicted octanol–water partition coefficient (Wildman–Crippen LogP) is 4.35. The van der Waals surface area contributed by atoms with Gasteiger partial charge in [0.1, 0.15) is 0 Å². The maximum absolute atomic E-state index is 6.33. The number of benzene rings is 1. The molecule has 130 valence electrons. The van der Waals surface area contributed by atoms with Crippen molar-refractivity contribution >= 4 is 8.32 Å². The first-order valence-electron chi connectivity index (χ1n) is 8.81. The maximum atomic E-state index is 6.33. The van der Waals surface area contributed by atoms with Crippen molar-refractivity contribution in [2.75, 3.05) is 13.2 Å². The van der Waals surface area contributed by atoms with E-state index in [0.29, 0.717) is 6.04 Å². The van der Waals surface area contributed by atoms with Gasteiger partial charge in [-0.1, -0.05) is 51.1 Å². The van der Waals surface area contributed by atoms with E-state index in [9.17, 15) is 0 Å². The smallest absolute Gasteiger partial charge is 0.192 e. The highest BCUT2D eigenvalue weighted by molar-refractivity contribution is 6.74. The zero-order chi connectivity index (χ0) is 16.9. The van der Waals surface area contributed by atoms with Gasteiger partial charge in [-0.25, -0.2) is 0 Å². The molecule has 1 saturated heterocycles. The highest BCUT2D eigenvalue weighted by atomic mass is 28.4. The summed E-state index contributed by atoms with van der Waals surface area (Å²) in [5, 5.41) is 3.93. The molecule has 0 amide bonds. The van der Waals surface area contributed by atoms with Crippen molar-refractivity contribution in [1.29, 1.82) is 0 Å². The van der Waals surface area contributed by atoms with Crippen molar-refractivity contribution in [2.45, 2.75) is 70.4 Å². The summed E-state index contributed by atoms with van der Waals surface area (Å²) in [6.07, 6.45) is 2.36. The molecule has 0 bridgehead atoms. The Morgan fingerprint density at radius 2 is 1.91 bits per heavy atom. The third-order valence-corrected chi connectivity index (χ3v) is 9.74. The van der Waals surface area contributed by atoms with E-state index in [2.05, 4.69) is 69.5 Å². The van der Waals surface area contributed by atoms with Crippen molar-refractivity contribution in [2.24, 2.45) is 0 Å². The lowest BCUT2D eigenvalue weighted by molar-refractivity contribution is -0.0260. The lowest BCUT2D eigenvalue weighted by atomic mass is 10.0. The molecule has 2 atom stereocenters. The minimum atomic E-state index is -1.68. The van der Waals surface area contributed by atoms with Crippen LogP contribution in [0.5, 0.6) is 0 Å². The Kier molecular flexibility index (Phi) is 6.43. The number of hydrogen-bond donors (Lipinski definition) is 1. The van der Waals surface area contributed by atoms with Crippen molar-refractivity contribution in [1.82, 2.24) is 5.32 Å². The molecule has 0 spiro atoms. The third kappa shape index (κ3) is 5.71. The fraction of sp³-hybridized carbons (Fsp3) is 0.684. The summed E-state index contributed by atoms with van der Waals surface area (Å²) < 4.78 is 12.3. The van der Waals surface area contributed by atoms with Crippen LogP contribution in [0.1, 0.15) is 39.2 Å². The van der Waals surface area contributed by atoms with E-state index in [0.717, 1.165) is 32.6 Å². The van der Waals surface area contributed by atoms with Gasteiger partial charge in [0.15, 0.2) is 8.32 Å². The van der Waals surface area contributed by atoms with Crippen molar-refractivity contribution in [3.05, 3.63) is 35.9 Å². The van der Waals surface area contributed by atoms with Crippen molar-refractivity contribution in [3.8, 4) is 0 Å². The van der Waals surface area contributed by atoms with Crippen LogP contribution in [0, 0.1) is 0 Å². The Morgan fingerprint density at radius 1 is 1.22 bits per heavy atom. The third-order valence-electron chi connectivity index (χ3n) is 5.24. The second kappa shape index (κ2) is 7.93. The molecular formula is C19H33NO2Si. The second-order valence-electron chi connectivity index (χ2n) is 8.15. The molecule has 0 aliphatic carbocycles. The Morgan fingerprint density at radius 3 is 2.57 bits per heavy atom. The van der Waals surface area contributed by atoms with Crippen LogP contribution in [0.2, 0.25) is 18.1 Å². The average molecular weight is 336 g/mol. The van der Waals surface area contributed by atoms with Crippen LogP contribution < -0.4 is 5.32 Å². The Bertz CT molecular complexity index is 470. The molecule has 1 aromatic rings. The van der Waals surface area contributed by atoms with E-state index in [1.807, 2.05) is 0 Å². The molecule has 1 aromatic carbocycles. The Hall–Kier alpha value is -0.683. The minimum absolute atomic E-state index is 0.228. The summed E-state index contributed by atoms with van der Waals surface area (Å²) in [5.74, 6) is 0. The van der Waals surface area contributed by atoms with Gasteiger partial charge in [0.05, 0.1) is 12.7 Å². The molecule has 0 saturated carbocycles. The van der Waals surface area contributed by atoms with Gasteiger partial charge in [0, 0.05) is 19.2 Å². The van der Waals surface area contributed by atoms with E-state index in [1.165, 1.54) is 5.56 Å². The quantitative estimate of drug-likeness (QED) is 0.784. The fourth-order valence-electron chi connectivity index (χ4n) is 2.56. The fourth-order valence-corrected chi connectivity index (χ4v) is 3.59. The molecule has 23 heavy (non-hydrogen) atoms. The van der Waals surface area contributed by atoms with E-state index in [1.54, 1.807) is 0 Å². The zero-order valence-electron chi connectivity index (χ0n) is 15.4. The number of rotatable bonds is 6. The topological polar surface area (TPSA) is 30.5 Å². The van der Waals surface area contributed by atoms with Crippen LogP contribution in [0.15, 0.2) is 30.3 Å². The van der Waals surface area contributed by atoms with Gasteiger partial charge < -0.3 is 14.5 Å². The van der Waals surface area contributed by atoms with Gasteiger partial charge in [0.25, 0.3) is 0 Å². The molecule has 1 N–H and O–H groups in total. The van der Waals surface area contributed by atoms with Gasteiger partial charge in [-0.15, -0.1) is 0 Å². The summed E-state index contributed by atoms with van der Waals surface area (Å²) in [6, 6.07) is 11.1. The molecular weight excluding hydrogens is 302 g/mol. The molecule has 1 heterocycles. The first kappa shape index (κ1) is 18.7. The number of nitrogens with one attached hydrogen (secondary N) is 1. The Balaban J connectivity index is 1.77. The molecule has 3 nitrogen and oxygen atoms in total. The SMILES string of the molecule is CC(C)(C)[Si](C)(C)OC[C@@H]1C[C@H](NCc2ccccc2)CCO1. The Labute approximate surface area is 142 Å². The van der Waals surface area contributed by atoms with Crippen LogP contribution in [0.25, 0.3) is 0 Å². The summed E-state index contributed by atoms with van der Waals surface area (Å²) in [6.45, 7) is 14.0. The average Bonchev–Trinajstić information content (AvgIpc) is 2.51. The molecule has 1 aliphatic rings. The normalized spacial score (nSPS) is 23.0. The number of hydrogen-bond acceptors (Lipinski definition) is 3. The first-order chi connectivity index (χ1) is 10.8. The first-order valence-corrected chi connectivity index (χ1v) is 11.7. The predicted molar refractivity (Wildman–Crippen MR) is 99.2 cm³/mol. The molecule has 0 unspecified atom stereocenters. The molecule has 1 fully saturated rings. The summed E-state index contributed by atoms with van der Waals surface area (Å²) >= 11 is 0. The van der Waals surface area contributed by atoms with Gasteiger partial charge in [-0.05, 0) is 36.5 Å². The van der Waals surface area contributed by atoms with Gasteiger partial charge >= 0.3 is 0 Å². The van der Waals surface area contributed by atoms with Crippen LogP contribution in [0.4, 0.5) is 0 Å². The lowest BCUT2D eigenvalue weighted by Crippen LogP contribution is -2.45. The van der Waals surface area contributed by atoms with Crippen LogP contribution in [-0.2, 0) is 15.7 Å². The van der Waals surface area contributed by atoms with Crippen LogP contribution in [-0.4, -0.2) is 33.7 Å². The second-order valence-corrected chi connectivity index (χ2v) is 13.0.